The van der Waals surface area contributed by atoms with Crippen LogP contribution in [0.5, 0.6) is 0 Å². The summed E-state index contributed by atoms with van der Waals surface area (Å²) in [6.45, 7) is 9.08. The second kappa shape index (κ2) is 9.82. The van der Waals surface area contributed by atoms with Crippen LogP contribution in [0, 0.1) is 28.6 Å². The topological polar surface area (TPSA) is 74.8 Å². The molecule has 5 atom stereocenters. The highest BCUT2D eigenvalue weighted by Crippen LogP contribution is 2.70. The molecule has 204 valence electrons. The van der Waals surface area contributed by atoms with E-state index in [-0.39, 0.29) is 46.8 Å². The zero-order valence-electron chi connectivity index (χ0n) is 23.0. The molecule has 0 aromatic heterocycles. The number of rotatable bonds is 8. The average molecular weight is 537 g/mol. The van der Waals surface area contributed by atoms with Crippen molar-refractivity contribution in [2.24, 2.45) is 28.6 Å². The average Bonchev–Trinajstić information content (AvgIpc) is 3.36. The van der Waals surface area contributed by atoms with Gasteiger partial charge >= 0.3 is 0 Å². The van der Waals surface area contributed by atoms with Crippen molar-refractivity contribution in [1.82, 2.24) is 9.21 Å². The van der Waals surface area contributed by atoms with Crippen molar-refractivity contribution >= 4 is 21.8 Å². The third-order valence-corrected chi connectivity index (χ3v) is 12.1. The number of sulfonamides is 1. The largest absolute Gasteiger partial charge is 0.334 e. The van der Waals surface area contributed by atoms with Crippen LogP contribution in [0.15, 0.2) is 60.7 Å². The molecule has 38 heavy (non-hydrogen) atoms. The lowest BCUT2D eigenvalue weighted by Crippen LogP contribution is -2.45. The maximum absolute atomic E-state index is 13.8. The first-order valence-electron chi connectivity index (χ1n) is 13.9. The molecule has 1 saturated heterocycles. The molecule has 2 aliphatic carbocycles. The monoisotopic (exact) mass is 536 g/mol. The summed E-state index contributed by atoms with van der Waals surface area (Å²) in [5.74, 6) is -0.560. The van der Waals surface area contributed by atoms with Gasteiger partial charge in [-0.15, -0.1) is 0 Å². The Morgan fingerprint density at radius 3 is 2.05 bits per heavy atom. The second-order valence-corrected chi connectivity index (χ2v) is 14.3. The van der Waals surface area contributed by atoms with E-state index in [0.717, 1.165) is 30.4 Å². The first-order valence-corrected chi connectivity index (χ1v) is 15.5. The van der Waals surface area contributed by atoms with E-state index >= 15 is 0 Å². The van der Waals surface area contributed by atoms with Crippen LogP contribution in [0.4, 0.5) is 0 Å². The molecule has 2 amide bonds. The summed E-state index contributed by atoms with van der Waals surface area (Å²) in [6, 6.07) is 19.6. The van der Waals surface area contributed by atoms with Crippen molar-refractivity contribution in [1.29, 1.82) is 0 Å². The lowest BCUT2D eigenvalue weighted by atomic mass is 9.69. The quantitative estimate of drug-likeness (QED) is 0.462. The molecule has 2 bridgehead atoms. The van der Waals surface area contributed by atoms with Crippen LogP contribution in [-0.2, 0) is 32.7 Å². The Kier molecular flexibility index (Phi) is 6.95. The Balaban J connectivity index is 1.31. The molecule has 6 nitrogen and oxygen atoms in total. The van der Waals surface area contributed by atoms with Gasteiger partial charge in [-0.2, -0.15) is 0 Å². The van der Waals surface area contributed by atoms with E-state index in [1.807, 2.05) is 79.4 Å². The molecule has 5 rings (SSSR count). The fourth-order valence-electron chi connectivity index (χ4n) is 7.51. The number of nitrogens with zero attached hydrogens (tertiary/aromatic N) is 2. The van der Waals surface area contributed by atoms with Crippen LogP contribution in [0.25, 0.3) is 0 Å². The van der Waals surface area contributed by atoms with Crippen molar-refractivity contribution < 1.29 is 18.0 Å². The van der Waals surface area contributed by atoms with Gasteiger partial charge in [-0.05, 0) is 47.6 Å². The van der Waals surface area contributed by atoms with E-state index in [9.17, 15) is 18.0 Å². The van der Waals surface area contributed by atoms with E-state index < -0.39 is 15.9 Å². The van der Waals surface area contributed by atoms with E-state index in [4.69, 9.17) is 0 Å². The summed E-state index contributed by atoms with van der Waals surface area (Å²) >= 11 is 0. The first kappa shape index (κ1) is 26.9. The van der Waals surface area contributed by atoms with Crippen molar-refractivity contribution in [3.8, 4) is 0 Å². The third kappa shape index (κ3) is 4.47. The molecular weight excluding hydrogens is 496 g/mol. The van der Waals surface area contributed by atoms with Gasteiger partial charge < -0.3 is 4.90 Å². The summed E-state index contributed by atoms with van der Waals surface area (Å²) in [5.41, 5.74) is 1.67. The number of carbonyl (C=O) groups is 2. The SMILES string of the molecule is C[C@H](C(=O)N(Cc1ccccc1)Cc1ccccc1)[C@@H](C)CC(=O)N1[C@H]2C[C@@H]3CC[C@@]2(CS1(=O)=O)C3(C)C. The van der Waals surface area contributed by atoms with Crippen molar-refractivity contribution in [2.45, 2.75) is 72.5 Å². The molecule has 3 fully saturated rings. The standard InChI is InChI=1S/C31H40N2O4S/c1-22(17-28(34)33-27-18-26-15-16-31(27,30(26,3)4)21-38(33,36)37)23(2)29(35)32(19-24-11-7-5-8-12-24)20-25-13-9-6-10-14-25/h5-14,22-23,26-27H,15-21H2,1-4H3/t22-,23-,26-,27-,31-/m0/s1. The van der Waals surface area contributed by atoms with E-state index in [1.54, 1.807) is 0 Å². The van der Waals surface area contributed by atoms with Gasteiger partial charge in [0.1, 0.15) is 0 Å². The lowest BCUT2D eigenvalue weighted by Gasteiger charge is -2.37. The van der Waals surface area contributed by atoms with Crippen molar-refractivity contribution in [2.75, 3.05) is 5.75 Å². The van der Waals surface area contributed by atoms with Crippen molar-refractivity contribution in [3.05, 3.63) is 71.8 Å². The Morgan fingerprint density at radius 1 is 0.974 bits per heavy atom. The molecule has 3 aliphatic rings. The lowest BCUT2D eigenvalue weighted by molar-refractivity contribution is -0.139. The van der Waals surface area contributed by atoms with Gasteiger partial charge in [0.2, 0.25) is 21.8 Å². The highest BCUT2D eigenvalue weighted by Gasteiger charge is 2.72. The number of benzene rings is 2. The summed E-state index contributed by atoms with van der Waals surface area (Å²) in [6.07, 6.45) is 2.73. The Morgan fingerprint density at radius 2 is 1.53 bits per heavy atom. The Hall–Kier alpha value is -2.67. The molecule has 7 heteroatoms. The van der Waals surface area contributed by atoms with Gasteiger partial charge in [-0.25, -0.2) is 12.7 Å². The Labute approximate surface area is 227 Å². The minimum absolute atomic E-state index is 0.0280. The predicted octanol–water partition coefficient (Wildman–Crippen LogP) is 5.24. The third-order valence-electron chi connectivity index (χ3n) is 10.1. The number of amides is 2. The second-order valence-electron chi connectivity index (χ2n) is 12.4. The summed E-state index contributed by atoms with van der Waals surface area (Å²) in [7, 11) is -3.66. The molecule has 1 heterocycles. The molecule has 1 spiro atoms. The zero-order valence-corrected chi connectivity index (χ0v) is 23.8. The van der Waals surface area contributed by atoms with Crippen molar-refractivity contribution in [3.63, 3.8) is 0 Å². The maximum Gasteiger partial charge on any atom is 0.238 e. The van der Waals surface area contributed by atoms with Gasteiger partial charge in [-0.3, -0.25) is 9.59 Å². The molecule has 0 radical (unpaired) electrons. The number of carbonyl (C=O) groups excluding carboxylic acids is 2. The fraction of sp³-hybridized carbons (Fsp3) is 0.548. The number of hydrogen-bond acceptors (Lipinski definition) is 4. The molecule has 1 aliphatic heterocycles. The molecule has 2 saturated carbocycles. The van der Waals surface area contributed by atoms with Gasteiger partial charge in [0, 0.05) is 30.8 Å². The molecule has 2 aromatic rings. The highest BCUT2D eigenvalue weighted by atomic mass is 32.2. The predicted molar refractivity (Wildman–Crippen MR) is 148 cm³/mol. The van der Waals surface area contributed by atoms with E-state index in [0.29, 0.717) is 19.0 Å². The van der Waals surface area contributed by atoms with Crippen LogP contribution < -0.4 is 0 Å². The van der Waals surface area contributed by atoms with Gasteiger partial charge in [0.05, 0.1) is 11.8 Å². The molecule has 2 aromatic carbocycles. The normalized spacial score (nSPS) is 28.1. The van der Waals surface area contributed by atoms with E-state index in [1.165, 1.54) is 4.31 Å². The Bertz CT molecular complexity index is 1250. The smallest absolute Gasteiger partial charge is 0.238 e. The van der Waals surface area contributed by atoms with Crippen LogP contribution in [-0.4, -0.2) is 41.2 Å². The molecular formula is C31H40N2O4S. The van der Waals surface area contributed by atoms with E-state index in [2.05, 4.69) is 13.8 Å². The molecule has 0 unspecified atom stereocenters. The van der Waals surface area contributed by atoms with Crippen LogP contribution >= 0.6 is 0 Å². The maximum atomic E-state index is 13.8. The zero-order chi connectivity index (χ0) is 27.3. The summed E-state index contributed by atoms with van der Waals surface area (Å²) in [4.78, 5) is 29.2. The molecule has 0 N–H and O–H groups in total. The van der Waals surface area contributed by atoms with Gasteiger partial charge in [0.15, 0.2) is 0 Å². The summed E-state index contributed by atoms with van der Waals surface area (Å²) in [5, 5.41) is 0. The minimum Gasteiger partial charge on any atom is -0.334 e. The first-order chi connectivity index (χ1) is 18.0. The summed E-state index contributed by atoms with van der Waals surface area (Å²) < 4.78 is 27.9. The fourth-order valence-corrected chi connectivity index (χ4v) is 10.1. The number of fused-ring (bicyclic) bond motifs is 1. The number of hydrogen-bond donors (Lipinski definition) is 0. The van der Waals surface area contributed by atoms with Crippen LogP contribution in [0.1, 0.15) is 64.5 Å². The van der Waals surface area contributed by atoms with Gasteiger partial charge in [0.25, 0.3) is 0 Å². The van der Waals surface area contributed by atoms with Gasteiger partial charge in [-0.1, -0.05) is 88.4 Å². The minimum atomic E-state index is -3.66. The van der Waals surface area contributed by atoms with Crippen LogP contribution in [0.2, 0.25) is 0 Å². The highest BCUT2D eigenvalue weighted by molar-refractivity contribution is 7.90. The van der Waals surface area contributed by atoms with Crippen LogP contribution in [0.3, 0.4) is 0 Å².